The fourth-order valence-corrected chi connectivity index (χ4v) is 0.737. The van der Waals surface area contributed by atoms with Crippen LogP contribution < -0.4 is 6.15 Å². The van der Waals surface area contributed by atoms with Gasteiger partial charge in [0.1, 0.15) is 5.82 Å². The van der Waals surface area contributed by atoms with Crippen molar-refractivity contribution in [1.82, 2.24) is 15.7 Å². The molecule has 0 fully saturated rings. The molecule has 60 valence electrons. The van der Waals surface area contributed by atoms with Gasteiger partial charge in [0.25, 0.3) is 0 Å². The molecule has 0 aromatic carbocycles. The first-order valence-corrected chi connectivity index (χ1v) is 2.80. The Morgan fingerprint density at radius 2 is 2.20 bits per heavy atom. The quantitative estimate of drug-likeness (QED) is 0.763. The number of aromatic nitrogens is 2. The van der Waals surface area contributed by atoms with Crippen LogP contribution in [0.3, 0.4) is 0 Å². The van der Waals surface area contributed by atoms with Gasteiger partial charge in [-0.3, -0.25) is 0 Å². The van der Waals surface area contributed by atoms with Gasteiger partial charge in [0.15, 0.2) is 0 Å². The van der Waals surface area contributed by atoms with Crippen molar-refractivity contribution < 1.29 is 0 Å². The first kappa shape index (κ1) is 12.3. The number of imidazole rings is 1. The first-order chi connectivity index (χ1) is 3.84. The molecule has 4 heteroatoms. The molecule has 0 radical (unpaired) electrons. The summed E-state index contributed by atoms with van der Waals surface area (Å²) >= 11 is 0. The molecule has 0 spiro atoms. The summed E-state index contributed by atoms with van der Waals surface area (Å²) in [5.74, 6) is 1.14. The van der Waals surface area contributed by atoms with Gasteiger partial charge in [-0.2, -0.15) is 0 Å². The number of hydrogen-bond acceptors (Lipinski definition) is 2. The molecule has 0 saturated carbocycles. The molecule has 1 heterocycles. The zero-order valence-electron chi connectivity index (χ0n) is 6.37. The number of rotatable bonds is 1. The lowest BCUT2D eigenvalue weighted by molar-refractivity contribution is 0.808. The minimum atomic E-state index is 0. The lowest BCUT2D eigenvalue weighted by atomic mass is 10.5. The lowest BCUT2D eigenvalue weighted by Crippen LogP contribution is -1.92. The third-order valence-electron chi connectivity index (χ3n) is 1.24. The largest absolute Gasteiger partial charge is 0.344 e. The van der Waals surface area contributed by atoms with Crippen LogP contribution in [-0.2, 0) is 13.5 Å². The van der Waals surface area contributed by atoms with E-state index in [2.05, 4.69) is 11.9 Å². The smallest absolute Gasteiger partial charge is 0.108 e. The molecular weight excluding hydrogens is 194 g/mol. The Bertz CT molecular complexity index is 173. The van der Waals surface area contributed by atoms with Crippen molar-refractivity contribution >= 4 is 17.0 Å². The van der Waals surface area contributed by atoms with E-state index in [1.165, 1.54) is 0 Å². The van der Waals surface area contributed by atoms with Gasteiger partial charge in [0.05, 0.1) is 0 Å². The minimum absolute atomic E-state index is 0. The normalized spacial score (nSPS) is 7.80. The average Bonchev–Trinajstić information content (AvgIpc) is 2.14. The molecule has 1 rings (SSSR count). The molecular formula is C6H14BrN3. The van der Waals surface area contributed by atoms with Crippen LogP contribution in [0.25, 0.3) is 0 Å². The summed E-state index contributed by atoms with van der Waals surface area (Å²) in [5.41, 5.74) is 0. The summed E-state index contributed by atoms with van der Waals surface area (Å²) in [6, 6.07) is 0. The Balaban J connectivity index is 0. The van der Waals surface area contributed by atoms with Gasteiger partial charge in [0, 0.05) is 25.9 Å². The van der Waals surface area contributed by atoms with Gasteiger partial charge < -0.3 is 10.7 Å². The van der Waals surface area contributed by atoms with Gasteiger partial charge >= 0.3 is 0 Å². The van der Waals surface area contributed by atoms with E-state index in [0.717, 1.165) is 12.2 Å². The predicted molar refractivity (Wildman–Crippen MR) is 47.9 cm³/mol. The second kappa shape index (κ2) is 5.44. The number of nitrogens with zero attached hydrogens (tertiary/aromatic N) is 2. The molecule has 10 heavy (non-hydrogen) atoms. The fraction of sp³-hybridized carbons (Fsp3) is 0.500. The predicted octanol–water partition coefficient (Wildman–Crippen LogP) is 1.72. The maximum Gasteiger partial charge on any atom is 0.108 e. The Kier molecular flexibility index (Phi) is 6.71. The molecule has 0 bridgehead atoms. The SMILES string of the molecule is Br.CCc1nccn1C.N. The molecule has 0 saturated heterocycles. The van der Waals surface area contributed by atoms with Crippen molar-refractivity contribution in [3.8, 4) is 0 Å². The maximum absolute atomic E-state index is 4.10. The Morgan fingerprint density at radius 3 is 2.40 bits per heavy atom. The highest BCUT2D eigenvalue weighted by Crippen LogP contribution is 1.92. The van der Waals surface area contributed by atoms with Crippen LogP contribution in [0.5, 0.6) is 0 Å². The summed E-state index contributed by atoms with van der Waals surface area (Å²) in [6.45, 7) is 2.10. The Hall–Kier alpha value is -0.350. The molecule has 3 N–H and O–H groups in total. The van der Waals surface area contributed by atoms with Crippen LogP contribution in [-0.4, -0.2) is 9.55 Å². The second-order valence-electron chi connectivity index (χ2n) is 1.81. The highest BCUT2D eigenvalue weighted by Gasteiger charge is 1.90. The summed E-state index contributed by atoms with van der Waals surface area (Å²) < 4.78 is 2.03. The highest BCUT2D eigenvalue weighted by molar-refractivity contribution is 8.93. The van der Waals surface area contributed by atoms with Crippen LogP contribution in [0.15, 0.2) is 12.4 Å². The third-order valence-corrected chi connectivity index (χ3v) is 1.24. The van der Waals surface area contributed by atoms with Gasteiger partial charge in [-0.05, 0) is 0 Å². The van der Waals surface area contributed by atoms with E-state index in [1.54, 1.807) is 0 Å². The van der Waals surface area contributed by atoms with Crippen LogP contribution >= 0.6 is 17.0 Å². The molecule has 3 nitrogen and oxygen atoms in total. The van der Waals surface area contributed by atoms with Gasteiger partial charge in [0.2, 0.25) is 0 Å². The zero-order chi connectivity index (χ0) is 5.98. The molecule has 0 amide bonds. The number of aryl methyl sites for hydroxylation is 2. The Labute approximate surface area is 71.8 Å². The average molecular weight is 208 g/mol. The van der Waals surface area contributed by atoms with E-state index in [-0.39, 0.29) is 23.1 Å². The van der Waals surface area contributed by atoms with Crippen molar-refractivity contribution in [2.24, 2.45) is 7.05 Å². The maximum atomic E-state index is 4.10. The van der Waals surface area contributed by atoms with E-state index in [4.69, 9.17) is 0 Å². The summed E-state index contributed by atoms with van der Waals surface area (Å²) in [7, 11) is 2.01. The number of halogens is 1. The molecule has 0 aliphatic heterocycles. The van der Waals surface area contributed by atoms with E-state index in [1.807, 2.05) is 24.0 Å². The van der Waals surface area contributed by atoms with Crippen LogP contribution in [0, 0.1) is 0 Å². The van der Waals surface area contributed by atoms with E-state index in [9.17, 15) is 0 Å². The van der Waals surface area contributed by atoms with Crippen molar-refractivity contribution in [3.63, 3.8) is 0 Å². The lowest BCUT2D eigenvalue weighted by Gasteiger charge is -1.92. The third kappa shape index (κ3) is 2.49. The van der Waals surface area contributed by atoms with Crippen molar-refractivity contribution in [2.75, 3.05) is 0 Å². The topological polar surface area (TPSA) is 52.8 Å². The zero-order valence-corrected chi connectivity index (χ0v) is 8.08. The minimum Gasteiger partial charge on any atom is -0.344 e. The summed E-state index contributed by atoms with van der Waals surface area (Å²) in [4.78, 5) is 4.10. The monoisotopic (exact) mass is 207 g/mol. The van der Waals surface area contributed by atoms with Crippen LogP contribution in [0.4, 0.5) is 0 Å². The van der Waals surface area contributed by atoms with Gasteiger partial charge in [-0.1, -0.05) is 6.92 Å². The van der Waals surface area contributed by atoms with Gasteiger partial charge in [-0.15, -0.1) is 17.0 Å². The van der Waals surface area contributed by atoms with Crippen molar-refractivity contribution in [2.45, 2.75) is 13.3 Å². The second-order valence-corrected chi connectivity index (χ2v) is 1.81. The van der Waals surface area contributed by atoms with E-state index in [0.29, 0.717) is 0 Å². The summed E-state index contributed by atoms with van der Waals surface area (Å²) in [5, 5.41) is 0. The van der Waals surface area contributed by atoms with Crippen LogP contribution in [0.1, 0.15) is 12.7 Å². The number of hydrogen-bond donors (Lipinski definition) is 1. The van der Waals surface area contributed by atoms with Crippen LogP contribution in [0.2, 0.25) is 0 Å². The Morgan fingerprint density at radius 1 is 1.60 bits per heavy atom. The van der Waals surface area contributed by atoms with Crippen molar-refractivity contribution in [1.29, 1.82) is 0 Å². The highest BCUT2D eigenvalue weighted by atomic mass is 79.9. The molecule has 0 aliphatic rings. The molecule has 1 aromatic rings. The summed E-state index contributed by atoms with van der Waals surface area (Å²) in [6.07, 6.45) is 4.79. The molecule has 1 aromatic heterocycles. The van der Waals surface area contributed by atoms with Gasteiger partial charge in [-0.25, -0.2) is 4.98 Å². The molecule has 0 atom stereocenters. The standard InChI is InChI=1S/C6H10N2.BrH.H3N/c1-3-6-7-4-5-8(6)2;;/h4-5H,3H2,1-2H3;1H;1H3. The first-order valence-electron chi connectivity index (χ1n) is 2.80. The van der Waals surface area contributed by atoms with Crippen molar-refractivity contribution in [3.05, 3.63) is 18.2 Å². The van der Waals surface area contributed by atoms with E-state index >= 15 is 0 Å². The fourth-order valence-electron chi connectivity index (χ4n) is 0.737. The van der Waals surface area contributed by atoms with E-state index < -0.39 is 0 Å². The molecule has 0 aliphatic carbocycles. The molecule has 0 unspecified atom stereocenters.